The summed E-state index contributed by atoms with van der Waals surface area (Å²) in [5.41, 5.74) is -0.535. The maximum atomic E-state index is 12.4. The molecular formula is C20H32N2O14. The van der Waals surface area contributed by atoms with Gasteiger partial charge in [-0.2, -0.15) is 0 Å². The van der Waals surface area contributed by atoms with Gasteiger partial charge in [-0.25, -0.2) is 0 Å². The van der Waals surface area contributed by atoms with Gasteiger partial charge in [0.15, 0.2) is 12.5 Å². The molecule has 36 heavy (non-hydrogen) atoms. The monoisotopic (exact) mass is 524 g/mol. The molecule has 0 aromatic heterocycles. The van der Waals surface area contributed by atoms with E-state index in [-0.39, 0.29) is 11.1 Å². The zero-order valence-corrected chi connectivity index (χ0v) is 18.7. The van der Waals surface area contributed by atoms with Crippen LogP contribution in [-0.4, -0.2) is 148 Å². The van der Waals surface area contributed by atoms with Crippen molar-refractivity contribution in [3.8, 4) is 0 Å². The highest BCUT2D eigenvalue weighted by atomic mass is 16.4. The number of hydrogen-bond donors (Lipinski definition) is 14. The lowest BCUT2D eigenvalue weighted by Gasteiger charge is -2.29. The van der Waals surface area contributed by atoms with Gasteiger partial charge < -0.3 is 71.9 Å². The third kappa shape index (κ3) is 8.37. The van der Waals surface area contributed by atoms with E-state index in [9.17, 15) is 60.7 Å². The minimum atomic E-state index is -2.20. The summed E-state index contributed by atoms with van der Waals surface area (Å²) in [6.45, 7) is -1.92. The fourth-order valence-electron chi connectivity index (χ4n) is 2.86. The van der Waals surface area contributed by atoms with Gasteiger partial charge in [-0.1, -0.05) is 6.07 Å². The van der Waals surface area contributed by atoms with E-state index in [0.717, 1.165) is 6.07 Å². The highest BCUT2D eigenvalue weighted by molar-refractivity contribution is 5.99. The quantitative estimate of drug-likeness (QED) is 0.101. The molecule has 0 radical (unpaired) electrons. The Bertz CT molecular complexity index is 781. The summed E-state index contributed by atoms with van der Waals surface area (Å²) in [5, 5.41) is 118. The van der Waals surface area contributed by atoms with Crippen molar-refractivity contribution >= 4 is 11.8 Å². The zero-order valence-electron chi connectivity index (χ0n) is 18.7. The molecule has 206 valence electrons. The summed E-state index contributed by atoms with van der Waals surface area (Å²) in [4.78, 5) is 24.7. The first-order valence-electron chi connectivity index (χ1n) is 10.5. The normalized spacial score (nSPS) is 20.1. The molecule has 10 atom stereocenters. The van der Waals surface area contributed by atoms with Gasteiger partial charge >= 0.3 is 0 Å². The molecule has 0 heterocycles. The Morgan fingerprint density at radius 2 is 0.917 bits per heavy atom. The molecule has 0 aliphatic carbocycles. The van der Waals surface area contributed by atoms with Crippen LogP contribution < -0.4 is 10.6 Å². The van der Waals surface area contributed by atoms with E-state index in [4.69, 9.17) is 10.2 Å². The number of carbonyl (C=O) groups is 2. The molecule has 0 spiro atoms. The van der Waals surface area contributed by atoms with Gasteiger partial charge in [-0.3, -0.25) is 9.59 Å². The standard InChI is InChI=1S/C20H32N2O14/c23-5-9(25)11(27)13(29)15(31)19(35)21-17(33)7-2-1-3-8(4-7)18(34)22-20(36)16(32)14(30)12(28)10(26)6-24/h1-4,9-16,19-20,23-32,35-36H,5-6H2,(H,21,33)(H,22,34)/t9-,10-,11-,12-,13+,14+,15-,16-,19?,20?/m1/s1. The van der Waals surface area contributed by atoms with Gasteiger partial charge in [0.1, 0.15) is 48.8 Å². The maximum absolute atomic E-state index is 12.4. The molecule has 0 saturated heterocycles. The molecule has 0 fully saturated rings. The van der Waals surface area contributed by atoms with E-state index in [0.29, 0.717) is 0 Å². The lowest BCUT2D eigenvalue weighted by Crippen LogP contribution is -2.55. The second-order valence-corrected chi connectivity index (χ2v) is 7.86. The predicted molar refractivity (Wildman–Crippen MR) is 116 cm³/mol. The van der Waals surface area contributed by atoms with Crippen LogP contribution in [-0.2, 0) is 0 Å². The number of amides is 2. The van der Waals surface area contributed by atoms with Crippen molar-refractivity contribution < 1.29 is 70.9 Å². The van der Waals surface area contributed by atoms with Crippen molar-refractivity contribution in [2.75, 3.05) is 13.2 Å². The molecule has 14 N–H and O–H groups in total. The van der Waals surface area contributed by atoms with Crippen LogP contribution >= 0.6 is 0 Å². The summed E-state index contributed by atoms with van der Waals surface area (Å²) in [7, 11) is 0. The first-order valence-corrected chi connectivity index (χ1v) is 10.5. The third-order valence-electron chi connectivity index (χ3n) is 5.15. The Hall–Kier alpha value is -2.32. The molecular weight excluding hydrogens is 492 g/mol. The first-order chi connectivity index (χ1) is 16.8. The number of hydrogen-bond acceptors (Lipinski definition) is 14. The molecule has 2 unspecified atom stereocenters. The van der Waals surface area contributed by atoms with Crippen LogP contribution in [0.3, 0.4) is 0 Å². The van der Waals surface area contributed by atoms with Crippen LogP contribution in [0.2, 0.25) is 0 Å². The van der Waals surface area contributed by atoms with Gasteiger partial charge in [0.2, 0.25) is 0 Å². The molecule has 0 aliphatic rings. The fourth-order valence-corrected chi connectivity index (χ4v) is 2.86. The number of benzene rings is 1. The number of aliphatic hydroxyl groups excluding tert-OH is 12. The van der Waals surface area contributed by atoms with Crippen molar-refractivity contribution in [2.24, 2.45) is 0 Å². The summed E-state index contributed by atoms with van der Waals surface area (Å²) in [5.74, 6) is -2.14. The number of rotatable bonds is 14. The van der Waals surface area contributed by atoms with Crippen molar-refractivity contribution in [3.63, 3.8) is 0 Å². The molecule has 16 heteroatoms. The highest BCUT2D eigenvalue weighted by Crippen LogP contribution is 2.11. The molecule has 0 aliphatic heterocycles. The van der Waals surface area contributed by atoms with Crippen LogP contribution in [0.4, 0.5) is 0 Å². The SMILES string of the molecule is O=C(NC(O)[C@H](O)[C@@H](O)[C@H](O)[C@H](O)CO)c1cccc(C(=O)NC(O)[C@H](O)[C@@H](O)[C@H](O)[C@H](O)CO)c1. The number of nitrogens with one attached hydrogen (secondary N) is 2. The van der Waals surface area contributed by atoms with Gasteiger partial charge in [-0.15, -0.1) is 0 Å². The molecule has 1 rings (SSSR count). The fraction of sp³-hybridized carbons (Fsp3) is 0.600. The maximum Gasteiger partial charge on any atom is 0.253 e. The highest BCUT2D eigenvalue weighted by Gasteiger charge is 2.36. The Labute approximate surface area is 203 Å². The van der Waals surface area contributed by atoms with E-state index >= 15 is 0 Å². The molecule has 1 aromatic carbocycles. The summed E-state index contributed by atoms with van der Waals surface area (Å²) in [6, 6.07) is 4.52. The third-order valence-corrected chi connectivity index (χ3v) is 5.15. The van der Waals surface area contributed by atoms with E-state index in [1.807, 2.05) is 10.6 Å². The van der Waals surface area contributed by atoms with Crippen LogP contribution in [0.15, 0.2) is 24.3 Å². The van der Waals surface area contributed by atoms with Crippen molar-refractivity contribution in [3.05, 3.63) is 35.4 Å². The van der Waals surface area contributed by atoms with Crippen molar-refractivity contribution in [1.29, 1.82) is 0 Å². The second-order valence-electron chi connectivity index (χ2n) is 7.86. The Morgan fingerprint density at radius 3 is 1.22 bits per heavy atom. The average molecular weight is 524 g/mol. The van der Waals surface area contributed by atoms with Crippen LogP contribution in [0.1, 0.15) is 20.7 Å². The lowest BCUT2D eigenvalue weighted by molar-refractivity contribution is -0.143. The summed E-state index contributed by atoms with van der Waals surface area (Å²) < 4.78 is 0. The van der Waals surface area contributed by atoms with E-state index in [1.165, 1.54) is 18.2 Å². The molecule has 1 aromatic rings. The predicted octanol–water partition coefficient (Wildman–Crippen LogP) is -7.35. The van der Waals surface area contributed by atoms with E-state index in [2.05, 4.69) is 0 Å². The average Bonchev–Trinajstić information content (AvgIpc) is 2.89. The van der Waals surface area contributed by atoms with Crippen molar-refractivity contribution in [1.82, 2.24) is 10.6 Å². The Kier molecular flexibility index (Phi) is 12.7. The zero-order chi connectivity index (χ0) is 27.7. The molecule has 0 bridgehead atoms. The smallest absolute Gasteiger partial charge is 0.253 e. The van der Waals surface area contributed by atoms with Crippen LogP contribution in [0.25, 0.3) is 0 Å². The number of carbonyl (C=O) groups excluding carboxylic acids is 2. The van der Waals surface area contributed by atoms with Crippen LogP contribution in [0.5, 0.6) is 0 Å². The van der Waals surface area contributed by atoms with Gasteiger partial charge in [0, 0.05) is 11.1 Å². The topological polar surface area (TPSA) is 301 Å². The Balaban J connectivity index is 2.83. The minimum Gasteiger partial charge on any atom is -0.394 e. The van der Waals surface area contributed by atoms with E-state index in [1.54, 1.807) is 0 Å². The summed E-state index contributed by atoms with van der Waals surface area (Å²) >= 11 is 0. The van der Waals surface area contributed by atoms with E-state index < -0.39 is 86.3 Å². The molecule has 2 amide bonds. The lowest BCUT2D eigenvalue weighted by atomic mass is 10.0. The summed E-state index contributed by atoms with van der Waals surface area (Å²) in [6.07, 6.45) is -20.8. The van der Waals surface area contributed by atoms with Gasteiger partial charge in [-0.05, 0) is 18.2 Å². The first kappa shape index (κ1) is 31.7. The van der Waals surface area contributed by atoms with Crippen LogP contribution in [0, 0.1) is 0 Å². The molecule has 0 saturated carbocycles. The Morgan fingerprint density at radius 1 is 0.583 bits per heavy atom. The minimum absolute atomic E-state index is 0.268. The largest absolute Gasteiger partial charge is 0.394 e. The van der Waals surface area contributed by atoms with Gasteiger partial charge in [0.25, 0.3) is 11.8 Å². The molecule has 16 nitrogen and oxygen atoms in total. The van der Waals surface area contributed by atoms with Gasteiger partial charge in [0.05, 0.1) is 13.2 Å². The number of aliphatic hydroxyl groups is 12. The van der Waals surface area contributed by atoms with Crippen molar-refractivity contribution in [2.45, 2.75) is 61.3 Å². The second kappa shape index (κ2) is 14.4.